The van der Waals surface area contributed by atoms with Crippen LogP contribution in [0.1, 0.15) is 77.7 Å². The van der Waals surface area contributed by atoms with Gasteiger partial charge in [0.25, 0.3) is 0 Å². The molecule has 0 aliphatic rings. The third kappa shape index (κ3) is 11.3. The molecule has 0 bridgehead atoms. The van der Waals surface area contributed by atoms with Gasteiger partial charge in [-0.05, 0) is 28.8 Å². The van der Waals surface area contributed by atoms with Gasteiger partial charge in [0.1, 0.15) is 0 Å². The van der Waals surface area contributed by atoms with Gasteiger partial charge in [-0.25, -0.2) is 0 Å². The van der Waals surface area contributed by atoms with E-state index in [2.05, 4.69) is 69.5 Å². The Balaban J connectivity index is 0. The quantitative estimate of drug-likeness (QED) is 0.532. The maximum absolute atomic E-state index is 2.21. The zero-order chi connectivity index (χ0) is 16.7. The fraction of sp³-hybridized carbons (Fsp3) is 0.500. The zero-order valence-electron chi connectivity index (χ0n) is 15.2. The van der Waals surface area contributed by atoms with Crippen molar-refractivity contribution in [3.63, 3.8) is 0 Å². The van der Waals surface area contributed by atoms with Crippen LogP contribution in [-0.4, -0.2) is 0 Å². The highest BCUT2D eigenvalue weighted by Gasteiger charge is 1.95. The molecule has 1 heterocycles. The summed E-state index contributed by atoms with van der Waals surface area (Å²) in [5, 5.41) is 2.12. The second-order valence-corrected chi connectivity index (χ2v) is 5.71. The molecule has 0 saturated carbocycles. The predicted molar refractivity (Wildman–Crippen MR) is 102 cm³/mol. The number of thiophene rings is 1. The summed E-state index contributed by atoms with van der Waals surface area (Å²) in [5.74, 6) is 1.36. The van der Waals surface area contributed by atoms with Crippen LogP contribution in [0.3, 0.4) is 0 Å². The maximum Gasteiger partial charge on any atom is 0.00706 e. The van der Waals surface area contributed by atoms with Gasteiger partial charge in [-0.2, -0.15) is 0 Å². The van der Waals surface area contributed by atoms with Gasteiger partial charge in [-0.3, -0.25) is 0 Å². The van der Waals surface area contributed by atoms with Crippen molar-refractivity contribution in [1.82, 2.24) is 0 Å². The van der Waals surface area contributed by atoms with Gasteiger partial charge in [-0.15, -0.1) is 11.3 Å². The van der Waals surface area contributed by atoms with Crippen LogP contribution in [0.2, 0.25) is 0 Å². The van der Waals surface area contributed by atoms with Crippen LogP contribution < -0.4 is 0 Å². The van der Waals surface area contributed by atoms with E-state index in [1.807, 2.05) is 45.1 Å². The lowest BCUT2D eigenvalue weighted by atomic mass is 10.0. The molecule has 0 aliphatic carbocycles. The molecule has 0 nitrogen and oxygen atoms in total. The minimum atomic E-state index is 0.659. The molecular weight excluding hydrogens is 272 g/mol. The van der Waals surface area contributed by atoms with E-state index in [-0.39, 0.29) is 0 Å². The number of hydrogen-bond donors (Lipinski definition) is 0. The molecule has 0 radical (unpaired) electrons. The summed E-state index contributed by atoms with van der Waals surface area (Å²) in [6.07, 6.45) is 0. The lowest BCUT2D eigenvalue weighted by Crippen LogP contribution is -1.83. The Kier molecular flexibility index (Phi) is 16.2. The first-order valence-corrected chi connectivity index (χ1v) is 9.07. The molecule has 0 saturated heterocycles. The molecule has 1 aromatic heterocycles. The molecule has 0 atom stereocenters. The first-order valence-electron chi connectivity index (χ1n) is 8.19. The average molecular weight is 307 g/mol. The molecule has 0 N–H and O–H groups in total. The van der Waals surface area contributed by atoms with E-state index in [9.17, 15) is 0 Å². The van der Waals surface area contributed by atoms with E-state index in [4.69, 9.17) is 0 Å². The van der Waals surface area contributed by atoms with Crippen LogP contribution in [0, 0.1) is 0 Å². The fourth-order valence-corrected chi connectivity index (χ4v) is 2.20. The Hall–Kier alpha value is -1.08. The van der Waals surface area contributed by atoms with Crippen LogP contribution in [0.4, 0.5) is 0 Å². The van der Waals surface area contributed by atoms with E-state index in [0.29, 0.717) is 11.8 Å². The van der Waals surface area contributed by atoms with Gasteiger partial charge < -0.3 is 0 Å². The third-order valence-corrected chi connectivity index (χ3v) is 3.75. The minimum absolute atomic E-state index is 0.659. The number of hydrogen-bond acceptors (Lipinski definition) is 1. The maximum atomic E-state index is 2.21. The van der Waals surface area contributed by atoms with Crippen molar-refractivity contribution in [2.75, 3.05) is 0 Å². The number of rotatable bonds is 2. The van der Waals surface area contributed by atoms with Gasteiger partial charge in [-0.1, -0.05) is 91.8 Å². The SMILES string of the molecule is CC.CC.CC(C)c1ccccc1.CC(C)c1cccs1. The fourth-order valence-electron chi connectivity index (χ4n) is 1.46. The molecule has 0 amide bonds. The molecule has 0 aliphatic heterocycles. The first kappa shape index (κ1) is 22.2. The largest absolute Gasteiger partial charge is 0.149 e. The second kappa shape index (κ2) is 15.3. The lowest BCUT2D eigenvalue weighted by Gasteiger charge is -2.01. The molecule has 0 unspecified atom stereocenters. The van der Waals surface area contributed by atoms with Gasteiger partial charge in [0.05, 0.1) is 0 Å². The van der Waals surface area contributed by atoms with Gasteiger partial charge >= 0.3 is 0 Å². The number of benzene rings is 1. The van der Waals surface area contributed by atoms with Crippen molar-refractivity contribution in [2.45, 2.75) is 67.2 Å². The van der Waals surface area contributed by atoms with Crippen molar-refractivity contribution < 1.29 is 0 Å². The van der Waals surface area contributed by atoms with Gasteiger partial charge in [0, 0.05) is 4.88 Å². The smallest absolute Gasteiger partial charge is 0.00706 e. The highest BCUT2D eigenvalue weighted by Crippen LogP contribution is 2.18. The van der Waals surface area contributed by atoms with Gasteiger partial charge in [0.15, 0.2) is 0 Å². The highest BCUT2D eigenvalue weighted by molar-refractivity contribution is 7.10. The second-order valence-electron chi connectivity index (χ2n) is 4.74. The van der Waals surface area contributed by atoms with E-state index >= 15 is 0 Å². The summed E-state index contributed by atoms with van der Waals surface area (Å²) in [4.78, 5) is 1.48. The summed E-state index contributed by atoms with van der Waals surface area (Å²) in [7, 11) is 0. The topological polar surface area (TPSA) is 0 Å². The summed E-state index contributed by atoms with van der Waals surface area (Å²) in [6.45, 7) is 16.8. The standard InChI is InChI=1S/C9H12.C7H10S.2C2H6/c1-8(2)9-6-4-3-5-7-9;1-6(2)7-4-3-5-8-7;2*1-2/h3-8H,1-2H3;3-6H,1-2H3;2*1-2H3. The van der Waals surface area contributed by atoms with Crippen molar-refractivity contribution >= 4 is 11.3 Å². The Bertz CT molecular complexity index is 385. The van der Waals surface area contributed by atoms with E-state index in [1.54, 1.807) is 0 Å². The van der Waals surface area contributed by atoms with Gasteiger partial charge in [0.2, 0.25) is 0 Å². The molecule has 1 aromatic carbocycles. The monoisotopic (exact) mass is 306 g/mol. The molecule has 2 rings (SSSR count). The molecule has 21 heavy (non-hydrogen) atoms. The van der Waals surface area contributed by atoms with Crippen molar-refractivity contribution in [3.8, 4) is 0 Å². The van der Waals surface area contributed by atoms with E-state index < -0.39 is 0 Å². The van der Waals surface area contributed by atoms with Crippen LogP contribution in [0.25, 0.3) is 0 Å². The molecule has 2 aromatic rings. The zero-order valence-corrected chi connectivity index (χ0v) is 16.0. The summed E-state index contributed by atoms with van der Waals surface area (Å²) >= 11 is 1.83. The third-order valence-electron chi connectivity index (χ3n) is 2.58. The molecule has 0 spiro atoms. The summed E-state index contributed by atoms with van der Waals surface area (Å²) in [5.41, 5.74) is 1.41. The van der Waals surface area contributed by atoms with Crippen LogP contribution >= 0.6 is 11.3 Å². The minimum Gasteiger partial charge on any atom is -0.149 e. The Morgan fingerprint density at radius 1 is 0.667 bits per heavy atom. The first-order chi connectivity index (χ1) is 10.1. The van der Waals surface area contributed by atoms with Crippen molar-refractivity contribution in [3.05, 3.63) is 58.3 Å². The summed E-state index contributed by atoms with van der Waals surface area (Å²) in [6, 6.07) is 14.8. The summed E-state index contributed by atoms with van der Waals surface area (Å²) < 4.78 is 0. The average Bonchev–Trinajstić information content (AvgIpc) is 3.07. The Morgan fingerprint density at radius 3 is 1.43 bits per heavy atom. The molecule has 0 fully saturated rings. The molecular formula is C20H34S. The lowest BCUT2D eigenvalue weighted by molar-refractivity contribution is 0.867. The van der Waals surface area contributed by atoms with Crippen molar-refractivity contribution in [2.24, 2.45) is 0 Å². The van der Waals surface area contributed by atoms with Crippen LogP contribution in [0.15, 0.2) is 47.8 Å². The van der Waals surface area contributed by atoms with E-state index in [0.717, 1.165) is 0 Å². The van der Waals surface area contributed by atoms with Crippen LogP contribution in [0.5, 0.6) is 0 Å². The van der Waals surface area contributed by atoms with E-state index in [1.165, 1.54) is 10.4 Å². The normalized spacial score (nSPS) is 8.86. The molecule has 1 heteroatoms. The Labute approximate surface area is 137 Å². The predicted octanol–water partition coefficient (Wildman–Crippen LogP) is 7.73. The Morgan fingerprint density at radius 2 is 1.19 bits per heavy atom. The molecule has 120 valence electrons. The van der Waals surface area contributed by atoms with Crippen molar-refractivity contribution in [1.29, 1.82) is 0 Å². The van der Waals surface area contributed by atoms with Crippen LogP contribution in [-0.2, 0) is 0 Å². The highest BCUT2D eigenvalue weighted by atomic mass is 32.1.